The van der Waals surface area contributed by atoms with Crippen LogP contribution in [0.25, 0.3) is 11.1 Å². The van der Waals surface area contributed by atoms with Crippen LogP contribution in [0.5, 0.6) is 0 Å². The lowest BCUT2D eigenvalue weighted by Gasteiger charge is -2.06. The van der Waals surface area contributed by atoms with E-state index in [-0.39, 0.29) is 0 Å². The van der Waals surface area contributed by atoms with Gasteiger partial charge in [0.05, 0.1) is 11.6 Å². The third-order valence-corrected chi connectivity index (χ3v) is 2.62. The molecular formula is C15H9NO2. The molecule has 0 atom stereocenters. The largest absolute Gasteiger partial charge is 0.294 e. The fourth-order valence-electron chi connectivity index (χ4n) is 1.74. The van der Waals surface area contributed by atoms with Crippen molar-refractivity contribution in [3.05, 3.63) is 59.7 Å². The van der Waals surface area contributed by atoms with E-state index in [2.05, 4.69) is 0 Å². The lowest BCUT2D eigenvalue weighted by Crippen LogP contribution is -2.02. The van der Waals surface area contributed by atoms with Crippen molar-refractivity contribution >= 4 is 12.1 Å². The Kier molecular flexibility index (Phi) is 3.31. The Morgan fingerprint density at radius 1 is 1.06 bits per heavy atom. The summed E-state index contributed by atoms with van der Waals surface area (Å²) in [5.41, 5.74) is 2.43. The molecule has 3 nitrogen and oxygen atoms in total. The SMILES string of the molecule is N#Cc1ccc(-c2ccccc2C(=O)C=O)cc1. The minimum Gasteiger partial charge on any atom is -0.294 e. The molecule has 0 spiro atoms. The van der Waals surface area contributed by atoms with E-state index in [9.17, 15) is 9.59 Å². The highest BCUT2D eigenvalue weighted by Crippen LogP contribution is 2.24. The zero-order chi connectivity index (χ0) is 13.0. The predicted octanol–water partition coefficient (Wildman–Crippen LogP) is 2.61. The minimum atomic E-state index is -0.546. The number of Topliss-reactive ketones (excluding diaryl/α,β-unsaturated/α-hetero) is 1. The quantitative estimate of drug-likeness (QED) is 0.466. The Hall–Kier alpha value is -2.73. The van der Waals surface area contributed by atoms with E-state index in [0.717, 1.165) is 5.56 Å². The minimum absolute atomic E-state index is 0.308. The molecule has 0 bridgehead atoms. The van der Waals surface area contributed by atoms with E-state index in [1.54, 1.807) is 48.5 Å². The standard InChI is InChI=1S/C15H9NO2/c16-9-11-5-7-12(8-6-11)13-3-1-2-4-14(13)15(18)10-17/h1-8,10H. The van der Waals surface area contributed by atoms with Gasteiger partial charge in [-0.05, 0) is 23.3 Å². The first-order valence-electron chi connectivity index (χ1n) is 5.35. The average Bonchev–Trinajstić information content (AvgIpc) is 2.46. The number of aldehydes is 1. The van der Waals surface area contributed by atoms with E-state index in [0.29, 0.717) is 23.0 Å². The van der Waals surface area contributed by atoms with Crippen molar-refractivity contribution in [2.75, 3.05) is 0 Å². The molecule has 0 aromatic heterocycles. The second-order valence-corrected chi connectivity index (χ2v) is 3.72. The molecule has 0 aliphatic rings. The molecule has 0 fully saturated rings. The van der Waals surface area contributed by atoms with Crippen LogP contribution in [0.15, 0.2) is 48.5 Å². The monoisotopic (exact) mass is 235 g/mol. The first kappa shape index (κ1) is 11.7. The van der Waals surface area contributed by atoms with Gasteiger partial charge in [-0.2, -0.15) is 5.26 Å². The fraction of sp³-hybridized carbons (Fsp3) is 0. The summed E-state index contributed by atoms with van der Waals surface area (Å²) in [6, 6.07) is 15.8. The van der Waals surface area contributed by atoms with Crippen LogP contribution < -0.4 is 0 Å². The number of hydrogen-bond donors (Lipinski definition) is 0. The summed E-state index contributed by atoms with van der Waals surface area (Å²) in [5.74, 6) is -0.546. The van der Waals surface area contributed by atoms with Crippen LogP contribution in [0.4, 0.5) is 0 Å². The summed E-state index contributed by atoms with van der Waals surface area (Å²) < 4.78 is 0. The molecule has 2 aromatic carbocycles. The van der Waals surface area contributed by atoms with E-state index < -0.39 is 5.78 Å². The van der Waals surface area contributed by atoms with Crippen LogP contribution in [0.1, 0.15) is 15.9 Å². The maximum atomic E-state index is 11.5. The van der Waals surface area contributed by atoms with Gasteiger partial charge in [0.2, 0.25) is 5.78 Å². The summed E-state index contributed by atoms with van der Waals surface area (Å²) in [6.45, 7) is 0. The van der Waals surface area contributed by atoms with E-state index >= 15 is 0 Å². The van der Waals surface area contributed by atoms with Crippen molar-refractivity contribution in [2.24, 2.45) is 0 Å². The van der Waals surface area contributed by atoms with Crippen LogP contribution in [0.2, 0.25) is 0 Å². The Morgan fingerprint density at radius 3 is 2.33 bits per heavy atom. The highest BCUT2D eigenvalue weighted by Gasteiger charge is 2.10. The molecule has 0 N–H and O–H groups in total. The number of hydrogen-bond acceptors (Lipinski definition) is 3. The lowest BCUT2D eigenvalue weighted by molar-refractivity contribution is -0.104. The molecule has 18 heavy (non-hydrogen) atoms. The summed E-state index contributed by atoms with van der Waals surface area (Å²) >= 11 is 0. The van der Waals surface area contributed by atoms with Crippen LogP contribution in [0, 0.1) is 11.3 Å². The highest BCUT2D eigenvalue weighted by atomic mass is 16.2. The van der Waals surface area contributed by atoms with Crippen molar-refractivity contribution in [2.45, 2.75) is 0 Å². The van der Waals surface area contributed by atoms with Gasteiger partial charge in [0.25, 0.3) is 0 Å². The number of benzene rings is 2. The maximum Gasteiger partial charge on any atom is 0.225 e. The van der Waals surface area contributed by atoms with Crippen molar-refractivity contribution in [1.82, 2.24) is 0 Å². The Morgan fingerprint density at radius 2 is 1.72 bits per heavy atom. The molecule has 0 saturated heterocycles. The third-order valence-electron chi connectivity index (χ3n) is 2.62. The normalized spacial score (nSPS) is 9.50. The molecule has 0 amide bonds. The van der Waals surface area contributed by atoms with E-state index in [1.165, 1.54) is 0 Å². The third kappa shape index (κ3) is 2.18. The van der Waals surface area contributed by atoms with Gasteiger partial charge < -0.3 is 0 Å². The maximum absolute atomic E-state index is 11.5. The first-order chi connectivity index (χ1) is 8.76. The molecule has 0 unspecified atom stereocenters. The van der Waals surface area contributed by atoms with Crippen molar-refractivity contribution in [3.63, 3.8) is 0 Å². The molecule has 86 valence electrons. The molecule has 2 aromatic rings. The number of rotatable bonds is 3. The van der Waals surface area contributed by atoms with Gasteiger partial charge >= 0.3 is 0 Å². The van der Waals surface area contributed by atoms with Crippen LogP contribution in [0.3, 0.4) is 0 Å². The first-order valence-corrected chi connectivity index (χ1v) is 5.35. The second-order valence-electron chi connectivity index (χ2n) is 3.72. The average molecular weight is 235 g/mol. The Balaban J connectivity index is 2.53. The molecular weight excluding hydrogens is 226 g/mol. The van der Waals surface area contributed by atoms with Gasteiger partial charge in [-0.1, -0.05) is 36.4 Å². The van der Waals surface area contributed by atoms with Crippen molar-refractivity contribution in [1.29, 1.82) is 5.26 Å². The van der Waals surface area contributed by atoms with E-state index in [4.69, 9.17) is 5.26 Å². The zero-order valence-electron chi connectivity index (χ0n) is 9.46. The van der Waals surface area contributed by atoms with Gasteiger partial charge in [0.1, 0.15) is 0 Å². The van der Waals surface area contributed by atoms with Gasteiger partial charge in [-0.3, -0.25) is 9.59 Å². The molecule has 0 heterocycles. The summed E-state index contributed by atoms with van der Waals surface area (Å²) in [7, 11) is 0. The number of nitrogens with zero attached hydrogens (tertiary/aromatic N) is 1. The number of carbonyl (C=O) groups excluding carboxylic acids is 2. The summed E-state index contributed by atoms with van der Waals surface area (Å²) in [6.07, 6.45) is 0.308. The van der Waals surface area contributed by atoms with Crippen molar-refractivity contribution < 1.29 is 9.59 Å². The Labute approximate surface area is 104 Å². The highest BCUT2D eigenvalue weighted by molar-refractivity contribution is 6.34. The zero-order valence-corrected chi connectivity index (χ0v) is 9.46. The number of carbonyl (C=O) groups is 2. The summed E-state index contributed by atoms with van der Waals surface area (Å²) in [5, 5.41) is 8.73. The molecule has 0 radical (unpaired) electrons. The van der Waals surface area contributed by atoms with Gasteiger partial charge in [-0.25, -0.2) is 0 Å². The topological polar surface area (TPSA) is 57.9 Å². The summed E-state index contributed by atoms with van der Waals surface area (Å²) in [4.78, 5) is 22.1. The molecule has 3 heteroatoms. The van der Waals surface area contributed by atoms with Crippen LogP contribution in [-0.4, -0.2) is 12.1 Å². The van der Waals surface area contributed by atoms with E-state index in [1.807, 2.05) is 6.07 Å². The predicted molar refractivity (Wildman–Crippen MR) is 67.0 cm³/mol. The van der Waals surface area contributed by atoms with Crippen LogP contribution in [-0.2, 0) is 4.79 Å². The van der Waals surface area contributed by atoms with Gasteiger partial charge in [0, 0.05) is 5.56 Å². The van der Waals surface area contributed by atoms with Crippen LogP contribution >= 0.6 is 0 Å². The lowest BCUT2D eigenvalue weighted by atomic mass is 9.97. The molecule has 0 saturated carbocycles. The smallest absolute Gasteiger partial charge is 0.225 e. The van der Waals surface area contributed by atoms with Gasteiger partial charge in [-0.15, -0.1) is 0 Å². The Bertz CT molecular complexity index is 636. The number of nitriles is 1. The number of ketones is 1. The van der Waals surface area contributed by atoms with Gasteiger partial charge in [0.15, 0.2) is 6.29 Å². The molecule has 0 aliphatic heterocycles. The fourth-order valence-corrected chi connectivity index (χ4v) is 1.74. The molecule has 0 aliphatic carbocycles. The van der Waals surface area contributed by atoms with Crippen molar-refractivity contribution in [3.8, 4) is 17.2 Å². The molecule has 2 rings (SSSR count). The second kappa shape index (κ2) is 5.07.